The smallest absolute Gasteiger partial charge is 0.289 e. The summed E-state index contributed by atoms with van der Waals surface area (Å²) in [5, 5.41) is 0. The first-order valence-corrected chi connectivity index (χ1v) is 10.8. The van der Waals surface area contributed by atoms with Gasteiger partial charge in [-0.25, -0.2) is 0 Å². The summed E-state index contributed by atoms with van der Waals surface area (Å²) in [6, 6.07) is 2.06. The molecule has 0 amide bonds. The summed E-state index contributed by atoms with van der Waals surface area (Å²) in [5.41, 5.74) is 0. The summed E-state index contributed by atoms with van der Waals surface area (Å²) in [7, 11) is -1.81. The SMILES string of the molecule is CCCCCCCCCCO[Si](Cl)(CC)CC. The van der Waals surface area contributed by atoms with Gasteiger partial charge >= 0.3 is 0 Å². The van der Waals surface area contributed by atoms with Gasteiger partial charge in [0.05, 0.1) is 0 Å². The van der Waals surface area contributed by atoms with Crippen LogP contribution in [0.4, 0.5) is 0 Å². The summed E-state index contributed by atoms with van der Waals surface area (Å²) < 4.78 is 5.88. The van der Waals surface area contributed by atoms with Crippen LogP contribution >= 0.6 is 11.1 Å². The standard InChI is InChI=1S/C14H31ClOSi/c1-4-7-8-9-10-11-12-13-14-16-17(15,5-2)6-3/h4-14H2,1-3H3. The zero-order valence-electron chi connectivity index (χ0n) is 12.1. The lowest BCUT2D eigenvalue weighted by molar-refractivity contribution is 0.299. The van der Waals surface area contributed by atoms with E-state index in [1.54, 1.807) is 0 Å². The molecule has 0 atom stereocenters. The summed E-state index contributed by atoms with van der Waals surface area (Å²) in [6.45, 7) is 7.44. The quantitative estimate of drug-likeness (QED) is 0.247. The lowest BCUT2D eigenvalue weighted by Gasteiger charge is -2.21. The van der Waals surface area contributed by atoms with E-state index in [-0.39, 0.29) is 0 Å². The van der Waals surface area contributed by atoms with Crippen molar-refractivity contribution in [2.75, 3.05) is 6.61 Å². The van der Waals surface area contributed by atoms with Crippen molar-refractivity contribution in [2.45, 2.75) is 84.2 Å². The monoisotopic (exact) mass is 278 g/mol. The van der Waals surface area contributed by atoms with Gasteiger partial charge in [0.15, 0.2) is 0 Å². The molecule has 0 heterocycles. The molecule has 0 bridgehead atoms. The van der Waals surface area contributed by atoms with E-state index in [4.69, 9.17) is 15.5 Å². The average Bonchev–Trinajstić information content (AvgIpc) is 2.36. The second-order valence-corrected chi connectivity index (χ2v) is 10.4. The first kappa shape index (κ1) is 17.5. The van der Waals surface area contributed by atoms with Gasteiger partial charge in [0.1, 0.15) is 0 Å². The third-order valence-corrected chi connectivity index (χ3v) is 8.18. The fourth-order valence-corrected chi connectivity index (χ4v) is 3.60. The van der Waals surface area contributed by atoms with Crippen LogP contribution in [0.25, 0.3) is 0 Å². The second-order valence-electron chi connectivity index (χ2n) is 4.91. The minimum Gasteiger partial charge on any atom is -0.403 e. The third-order valence-electron chi connectivity index (χ3n) is 3.41. The fraction of sp³-hybridized carbons (Fsp3) is 1.00. The molecule has 0 saturated carbocycles. The normalized spacial score (nSPS) is 12.0. The van der Waals surface area contributed by atoms with E-state index in [0.717, 1.165) is 18.7 Å². The maximum atomic E-state index is 6.42. The Morgan fingerprint density at radius 3 is 1.71 bits per heavy atom. The summed E-state index contributed by atoms with van der Waals surface area (Å²) in [5.74, 6) is 0. The van der Waals surface area contributed by atoms with E-state index in [1.807, 2.05) is 0 Å². The molecule has 0 aromatic carbocycles. The van der Waals surface area contributed by atoms with Crippen LogP contribution in [0.3, 0.4) is 0 Å². The topological polar surface area (TPSA) is 9.23 Å². The van der Waals surface area contributed by atoms with E-state index in [2.05, 4.69) is 20.8 Å². The van der Waals surface area contributed by atoms with Crippen molar-refractivity contribution in [3.63, 3.8) is 0 Å². The molecule has 0 spiro atoms. The molecular formula is C14H31ClOSi. The molecule has 0 N–H and O–H groups in total. The van der Waals surface area contributed by atoms with Crippen LogP contribution in [0.1, 0.15) is 72.1 Å². The van der Waals surface area contributed by atoms with E-state index < -0.39 is 7.63 Å². The summed E-state index contributed by atoms with van der Waals surface area (Å²) in [6.07, 6.45) is 10.8. The zero-order chi connectivity index (χ0) is 13.0. The number of unbranched alkanes of at least 4 members (excludes halogenated alkanes) is 7. The van der Waals surface area contributed by atoms with Crippen LogP contribution in [-0.4, -0.2) is 14.2 Å². The Morgan fingerprint density at radius 2 is 1.24 bits per heavy atom. The molecule has 104 valence electrons. The minimum atomic E-state index is -1.81. The molecule has 0 unspecified atom stereocenters. The van der Waals surface area contributed by atoms with Crippen LogP contribution in [0.5, 0.6) is 0 Å². The van der Waals surface area contributed by atoms with E-state index in [0.29, 0.717) is 0 Å². The molecule has 0 fully saturated rings. The molecule has 0 radical (unpaired) electrons. The Morgan fingerprint density at radius 1 is 0.765 bits per heavy atom. The Kier molecular flexibility index (Phi) is 11.9. The first-order chi connectivity index (χ1) is 8.18. The van der Waals surface area contributed by atoms with Crippen molar-refractivity contribution < 1.29 is 4.43 Å². The van der Waals surface area contributed by atoms with Gasteiger partial charge in [0.2, 0.25) is 0 Å². The van der Waals surface area contributed by atoms with Gasteiger partial charge in [-0.1, -0.05) is 65.7 Å². The molecular weight excluding hydrogens is 248 g/mol. The van der Waals surface area contributed by atoms with Crippen molar-refractivity contribution in [3.8, 4) is 0 Å². The Balaban J connectivity index is 3.23. The zero-order valence-corrected chi connectivity index (χ0v) is 13.8. The molecule has 0 aromatic rings. The molecule has 0 aliphatic heterocycles. The van der Waals surface area contributed by atoms with Gasteiger partial charge in [-0.15, -0.1) is 11.1 Å². The number of rotatable bonds is 12. The Hall–Kier alpha value is 0.467. The highest BCUT2D eigenvalue weighted by molar-refractivity contribution is 7.16. The molecule has 0 aliphatic carbocycles. The van der Waals surface area contributed by atoms with E-state index in [9.17, 15) is 0 Å². The predicted molar refractivity (Wildman–Crippen MR) is 81.1 cm³/mol. The first-order valence-electron chi connectivity index (χ1n) is 7.51. The van der Waals surface area contributed by atoms with Crippen molar-refractivity contribution in [3.05, 3.63) is 0 Å². The van der Waals surface area contributed by atoms with Crippen LogP contribution in [-0.2, 0) is 4.43 Å². The van der Waals surface area contributed by atoms with Gasteiger partial charge in [-0.05, 0) is 18.5 Å². The van der Waals surface area contributed by atoms with Crippen LogP contribution < -0.4 is 0 Å². The predicted octanol–water partition coefficient (Wildman–Crippen LogP) is 5.86. The molecule has 0 rings (SSSR count). The molecule has 0 saturated heterocycles. The summed E-state index contributed by atoms with van der Waals surface area (Å²) in [4.78, 5) is 0. The average molecular weight is 279 g/mol. The van der Waals surface area contributed by atoms with Gasteiger partial charge < -0.3 is 4.43 Å². The second kappa shape index (κ2) is 11.6. The maximum absolute atomic E-state index is 6.42. The van der Waals surface area contributed by atoms with Gasteiger partial charge in [0, 0.05) is 6.61 Å². The molecule has 17 heavy (non-hydrogen) atoms. The fourth-order valence-electron chi connectivity index (χ4n) is 1.95. The van der Waals surface area contributed by atoms with Gasteiger partial charge in [-0.2, -0.15) is 0 Å². The highest BCUT2D eigenvalue weighted by Crippen LogP contribution is 2.21. The number of halogens is 1. The molecule has 3 heteroatoms. The van der Waals surface area contributed by atoms with Gasteiger partial charge in [0.25, 0.3) is 7.63 Å². The molecule has 0 aromatic heterocycles. The number of hydrogen-bond acceptors (Lipinski definition) is 1. The maximum Gasteiger partial charge on any atom is 0.289 e. The minimum absolute atomic E-state index is 0.881. The van der Waals surface area contributed by atoms with Crippen molar-refractivity contribution in [1.82, 2.24) is 0 Å². The van der Waals surface area contributed by atoms with E-state index >= 15 is 0 Å². The Bertz CT molecular complexity index is 160. The number of hydrogen-bond donors (Lipinski definition) is 0. The van der Waals surface area contributed by atoms with Crippen molar-refractivity contribution >= 4 is 18.7 Å². The van der Waals surface area contributed by atoms with Gasteiger partial charge in [-0.3, -0.25) is 0 Å². The lowest BCUT2D eigenvalue weighted by Crippen LogP contribution is -2.29. The lowest BCUT2D eigenvalue weighted by atomic mass is 10.1. The third kappa shape index (κ3) is 10.1. The summed E-state index contributed by atoms with van der Waals surface area (Å²) >= 11 is 6.42. The van der Waals surface area contributed by atoms with Crippen LogP contribution in [0, 0.1) is 0 Å². The van der Waals surface area contributed by atoms with Crippen LogP contribution in [0.2, 0.25) is 12.1 Å². The highest BCUT2D eigenvalue weighted by atomic mass is 35.6. The molecule has 0 aliphatic rings. The van der Waals surface area contributed by atoms with E-state index in [1.165, 1.54) is 51.4 Å². The van der Waals surface area contributed by atoms with Crippen molar-refractivity contribution in [2.24, 2.45) is 0 Å². The highest BCUT2D eigenvalue weighted by Gasteiger charge is 2.27. The molecule has 1 nitrogen and oxygen atoms in total. The van der Waals surface area contributed by atoms with Crippen LogP contribution in [0.15, 0.2) is 0 Å². The van der Waals surface area contributed by atoms with Crippen molar-refractivity contribution in [1.29, 1.82) is 0 Å². The Labute approximate surface area is 114 Å². The largest absolute Gasteiger partial charge is 0.403 e.